The van der Waals surface area contributed by atoms with E-state index in [-0.39, 0.29) is 18.6 Å². The zero-order chi connectivity index (χ0) is 11.5. The van der Waals surface area contributed by atoms with Crippen molar-refractivity contribution in [2.24, 2.45) is 0 Å². The molecule has 1 aromatic rings. The number of carboxylic acids is 1. The highest BCUT2D eigenvalue weighted by atomic mass is 16.4. The van der Waals surface area contributed by atoms with Gasteiger partial charge in [0.05, 0.1) is 12.6 Å². The molecule has 16 heavy (non-hydrogen) atoms. The number of aromatic nitrogens is 2. The topological polar surface area (TPSA) is 58.4 Å². The van der Waals surface area contributed by atoms with E-state index in [0.717, 1.165) is 19.4 Å². The fraction of sp³-hybridized carbons (Fsp3) is 0.636. The van der Waals surface area contributed by atoms with Gasteiger partial charge in [0.25, 0.3) is 0 Å². The normalized spacial score (nSPS) is 23.4. The fourth-order valence-corrected chi connectivity index (χ4v) is 2.47. The molecule has 88 valence electrons. The molecule has 2 heterocycles. The molecule has 0 spiro atoms. The quantitative estimate of drug-likeness (QED) is 0.827. The first-order valence-corrected chi connectivity index (χ1v) is 5.63. The Labute approximate surface area is 94.7 Å². The van der Waals surface area contributed by atoms with Crippen molar-refractivity contribution in [1.29, 1.82) is 0 Å². The minimum absolute atomic E-state index is 0.135. The predicted molar refractivity (Wildman–Crippen MR) is 59.2 cm³/mol. The number of nitrogens with zero attached hydrogens (tertiary/aromatic N) is 3. The summed E-state index contributed by atoms with van der Waals surface area (Å²) in [6.45, 7) is 3.11. The van der Waals surface area contributed by atoms with E-state index >= 15 is 0 Å². The molecule has 1 saturated heterocycles. The van der Waals surface area contributed by atoms with Crippen molar-refractivity contribution in [1.82, 2.24) is 14.7 Å². The molecule has 2 rings (SSSR count). The van der Waals surface area contributed by atoms with Crippen molar-refractivity contribution >= 4 is 5.97 Å². The number of rotatable bonds is 4. The first kappa shape index (κ1) is 11.1. The van der Waals surface area contributed by atoms with Crippen LogP contribution in [0.5, 0.6) is 0 Å². The second-order valence-electron chi connectivity index (χ2n) is 4.30. The summed E-state index contributed by atoms with van der Waals surface area (Å²) < 4.78 is 1.91. The Kier molecular flexibility index (Phi) is 3.24. The molecule has 2 atom stereocenters. The van der Waals surface area contributed by atoms with Crippen molar-refractivity contribution in [3.05, 3.63) is 18.5 Å². The summed E-state index contributed by atoms with van der Waals surface area (Å²) in [5.41, 5.74) is 0. The van der Waals surface area contributed by atoms with E-state index in [1.165, 1.54) is 0 Å². The van der Waals surface area contributed by atoms with Crippen LogP contribution in [-0.2, 0) is 4.79 Å². The summed E-state index contributed by atoms with van der Waals surface area (Å²) in [7, 11) is 0. The number of likely N-dealkylation sites (tertiary alicyclic amines) is 1. The highest BCUT2D eigenvalue weighted by Crippen LogP contribution is 2.26. The standard InChI is InChI=1S/C11H17N3O2/c1-9(14-7-3-5-12-14)10-4-2-6-13(10)8-11(15)16/h3,5,7,9-10H,2,4,6,8H2,1H3,(H,15,16). The summed E-state index contributed by atoms with van der Waals surface area (Å²) in [6.07, 6.45) is 5.81. The highest BCUT2D eigenvalue weighted by molar-refractivity contribution is 5.69. The molecular formula is C11H17N3O2. The Hall–Kier alpha value is -1.36. The van der Waals surface area contributed by atoms with E-state index in [1.54, 1.807) is 6.20 Å². The zero-order valence-corrected chi connectivity index (χ0v) is 9.41. The van der Waals surface area contributed by atoms with Gasteiger partial charge in [0.2, 0.25) is 0 Å². The van der Waals surface area contributed by atoms with Crippen LogP contribution in [0.2, 0.25) is 0 Å². The first-order valence-electron chi connectivity index (χ1n) is 5.63. The third-order valence-corrected chi connectivity index (χ3v) is 3.25. The Morgan fingerprint density at radius 2 is 2.50 bits per heavy atom. The lowest BCUT2D eigenvalue weighted by Gasteiger charge is -2.28. The second kappa shape index (κ2) is 4.65. The Bertz CT molecular complexity index is 350. The van der Waals surface area contributed by atoms with Crippen LogP contribution in [0.1, 0.15) is 25.8 Å². The van der Waals surface area contributed by atoms with Crippen LogP contribution in [0.15, 0.2) is 18.5 Å². The maximum Gasteiger partial charge on any atom is 0.317 e. The summed E-state index contributed by atoms with van der Waals surface area (Å²) in [6, 6.07) is 2.42. The average Bonchev–Trinajstić information content (AvgIpc) is 2.84. The summed E-state index contributed by atoms with van der Waals surface area (Å²) >= 11 is 0. The molecule has 1 aromatic heterocycles. The van der Waals surface area contributed by atoms with Crippen LogP contribution in [0.25, 0.3) is 0 Å². The zero-order valence-electron chi connectivity index (χ0n) is 9.41. The summed E-state index contributed by atoms with van der Waals surface area (Å²) in [4.78, 5) is 12.8. The largest absolute Gasteiger partial charge is 0.480 e. The van der Waals surface area contributed by atoms with Crippen LogP contribution >= 0.6 is 0 Å². The number of carbonyl (C=O) groups is 1. The number of hydrogen-bond donors (Lipinski definition) is 1. The maximum atomic E-state index is 10.7. The molecule has 1 N–H and O–H groups in total. The van der Waals surface area contributed by atoms with Crippen molar-refractivity contribution in [3.8, 4) is 0 Å². The molecular weight excluding hydrogens is 206 g/mol. The van der Waals surface area contributed by atoms with Crippen LogP contribution in [0, 0.1) is 0 Å². The van der Waals surface area contributed by atoms with Crippen molar-refractivity contribution in [2.45, 2.75) is 31.8 Å². The molecule has 0 bridgehead atoms. The fourth-order valence-electron chi connectivity index (χ4n) is 2.47. The first-order chi connectivity index (χ1) is 7.68. The van der Waals surface area contributed by atoms with Crippen molar-refractivity contribution < 1.29 is 9.90 Å². The molecule has 0 radical (unpaired) electrons. The Morgan fingerprint density at radius 1 is 1.69 bits per heavy atom. The van der Waals surface area contributed by atoms with Gasteiger partial charge in [-0.25, -0.2) is 0 Å². The molecule has 0 aliphatic carbocycles. The Morgan fingerprint density at radius 3 is 3.12 bits per heavy atom. The van der Waals surface area contributed by atoms with E-state index < -0.39 is 5.97 Å². The molecule has 1 aliphatic rings. The minimum atomic E-state index is -0.750. The van der Waals surface area contributed by atoms with Crippen LogP contribution in [0.4, 0.5) is 0 Å². The molecule has 0 aromatic carbocycles. The van der Waals surface area contributed by atoms with Gasteiger partial charge < -0.3 is 5.11 Å². The van der Waals surface area contributed by atoms with Crippen LogP contribution < -0.4 is 0 Å². The minimum Gasteiger partial charge on any atom is -0.480 e. The third kappa shape index (κ3) is 2.24. The lowest BCUT2D eigenvalue weighted by atomic mass is 10.1. The van der Waals surface area contributed by atoms with E-state index in [2.05, 4.69) is 12.0 Å². The van der Waals surface area contributed by atoms with Gasteiger partial charge >= 0.3 is 5.97 Å². The third-order valence-electron chi connectivity index (χ3n) is 3.25. The van der Waals surface area contributed by atoms with Gasteiger partial charge in [-0.1, -0.05) is 0 Å². The van der Waals surface area contributed by atoms with Crippen LogP contribution in [-0.4, -0.2) is 44.9 Å². The van der Waals surface area contributed by atoms with E-state index in [1.807, 2.05) is 21.8 Å². The molecule has 1 fully saturated rings. The van der Waals surface area contributed by atoms with Gasteiger partial charge in [-0.2, -0.15) is 5.10 Å². The molecule has 2 unspecified atom stereocenters. The molecule has 5 heteroatoms. The lowest BCUT2D eigenvalue weighted by molar-refractivity contribution is -0.138. The van der Waals surface area contributed by atoms with Gasteiger partial charge in [-0.15, -0.1) is 0 Å². The van der Waals surface area contributed by atoms with Gasteiger partial charge in [0.1, 0.15) is 0 Å². The lowest BCUT2D eigenvalue weighted by Crippen LogP contribution is -2.39. The van der Waals surface area contributed by atoms with Gasteiger partial charge in [0.15, 0.2) is 0 Å². The number of aliphatic carboxylic acids is 1. The Balaban J connectivity index is 2.05. The predicted octanol–water partition coefficient (Wildman–Crippen LogP) is 0.993. The smallest absolute Gasteiger partial charge is 0.317 e. The highest BCUT2D eigenvalue weighted by Gasteiger charge is 2.31. The van der Waals surface area contributed by atoms with E-state index in [0.29, 0.717) is 0 Å². The van der Waals surface area contributed by atoms with Gasteiger partial charge in [-0.3, -0.25) is 14.4 Å². The van der Waals surface area contributed by atoms with Gasteiger partial charge in [0, 0.05) is 18.4 Å². The summed E-state index contributed by atoms with van der Waals surface area (Å²) in [5.74, 6) is -0.750. The van der Waals surface area contributed by atoms with Crippen LogP contribution in [0.3, 0.4) is 0 Å². The van der Waals surface area contributed by atoms with Crippen molar-refractivity contribution in [3.63, 3.8) is 0 Å². The number of carboxylic acid groups (broad SMARTS) is 1. The van der Waals surface area contributed by atoms with Gasteiger partial charge in [-0.05, 0) is 32.4 Å². The van der Waals surface area contributed by atoms with E-state index in [9.17, 15) is 4.79 Å². The molecule has 5 nitrogen and oxygen atoms in total. The molecule has 0 amide bonds. The second-order valence-corrected chi connectivity index (χ2v) is 4.30. The monoisotopic (exact) mass is 223 g/mol. The van der Waals surface area contributed by atoms with E-state index in [4.69, 9.17) is 5.11 Å². The average molecular weight is 223 g/mol. The SMILES string of the molecule is CC(C1CCCN1CC(=O)O)n1cccn1. The van der Waals surface area contributed by atoms with Crippen molar-refractivity contribution in [2.75, 3.05) is 13.1 Å². The maximum absolute atomic E-state index is 10.7. The summed E-state index contributed by atoms with van der Waals surface area (Å²) in [5, 5.41) is 13.1. The molecule has 0 saturated carbocycles. The molecule has 1 aliphatic heterocycles. The number of hydrogen-bond acceptors (Lipinski definition) is 3.